The van der Waals surface area contributed by atoms with Crippen LogP contribution in [0, 0.1) is 17.7 Å². The molecule has 10 heteroatoms. The van der Waals surface area contributed by atoms with Gasteiger partial charge in [0.15, 0.2) is 0 Å². The molecule has 0 saturated heterocycles. The Bertz CT molecular complexity index is 1520. The molecule has 1 amide bonds. The van der Waals surface area contributed by atoms with E-state index in [4.69, 9.17) is 21.1 Å². The lowest BCUT2D eigenvalue weighted by Crippen LogP contribution is -2.34. The van der Waals surface area contributed by atoms with Gasteiger partial charge in [-0.3, -0.25) is 0 Å². The molecule has 38 heavy (non-hydrogen) atoms. The standard InChI is InChI=1S/C28H26ClFN4O3S/c1-28(2,3)37-27(35)34(4)12-6-9-21-15-22-25(31-17-32-26(22)38-21)33-20-10-11-24(23(29)14-20)36-16-18-7-5-8-19(30)13-18/h5,7-8,10-11,13-15,17H,12,16H2,1-4H3,(H,31,32,33). The van der Waals surface area contributed by atoms with E-state index < -0.39 is 11.7 Å². The molecule has 1 N–H and O–H groups in total. The Morgan fingerprint density at radius 2 is 2.00 bits per heavy atom. The van der Waals surface area contributed by atoms with Gasteiger partial charge in [0.05, 0.1) is 21.8 Å². The fourth-order valence-electron chi connectivity index (χ4n) is 3.29. The summed E-state index contributed by atoms with van der Waals surface area (Å²) in [5.41, 5.74) is 0.859. The van der Waals surface area contributed by atoms with Crippen molar-refractivity contribution in [2.24, 2.45) is 0 Å². The van der Waals surface area contributed by atoms with E-state index in [1.54, 1.807) is 31.3 Å². The molecule has 0 radical (unpaired) electrons. The summed E-state index contributed by atoms with van der Waals surface area (Å²) in [5.74, 6) is 6.86. The van der Waals surface area contributed by atoms with Gasteiger partial charge in [-0.25, -0.2) is 19.2 Å². The molecule has 4 aromatic rings. The van der Waals surface area contributed by atoms with E-state index in [1.807, 2.05) is 32.9 Å². The molecule has 0 aliphatic rings. The van der Waals surface area contributed by atoms with E-state index in [0.717, 1.165) is 15.1 Å². The Labute approximate surface area is 229 Å². The smallest absolute Gasteiger partial charge is 0.410 e. The zero-order valence-corrected chi connectivity index (χ0v) is 22.9. The molecule has 0 saturated carbocycles. The number of benzene rings is 2. The number of anilines is 2. The summed E-state index contributed by atoms with van der Waals surface area (Å²) in [6.07, 6.45) is 1.05. The number of hydrogen-bond acceptors (Lipinski definition) is 7. The van der Waals surface area contributed by atoms with Crippen molar-refractivity contribution < 1.29 is 18.7 Å². The van der Waals surface area contributed by atoms with Crippen molar-refractivity contribution in [3.05, 3.63) is 76.1 Å². The van der Waals surface area contributed by atoms with Crippen LogP contribution in [-0.2, 0) is 11.3 Å². The minimum absolute atomic E-state index is 0.197. The molecule has 0 bridgehead atoms. The number of fused-ring (bicyclic) bond motifs is 1. The monoisotopic (exact) mass is 552 g/mol. The summed E-state index contributed by atoms with van der Waals surface area (Å²) in [6.45, 7) is 5.88. The van der Waals surface area contributed by atoms with Crippen molar-refractivity contribution in [3.8, 4) is 17.6 Å². The van der Waals surface area contributed by atoms with E-state index in [1.165, 1.54) is 34.7 Å². The predicted molar refractivity (Wildman–Crippen MR) is 149 cm³/mol. The van der Waals surface area contributed by atoms with E-state index in [0.29, 0.717) is 27.8 Å². The van der Waals surface area contributed by atoms with Crippen molar-refractivity contribution in [2.45, 2.75) is 33.0 Å². The van der Waals surface area contributed by atoms with Crippen molar-refractivity contribution in [2.75, 3.05) is 18.9 Å². The first-order valence-electron chi connectivity index (χ1n) is 11.7. The molecule has 0 atom stereocenters. The summed E-state index contributed by atoms with van der Waals surface area (Å²) in [4.78, 5) is 23.8. The summed E-state index contributed by atoms with van der Waals surface area (Å²) < 4.78 is 24.5. The maximum atomic E-state index is 13.4. The van der Waals surface area contributed by atoms with Gasteiger partial charge in [0.1, 0.15) is 40.8 Å². The number of hydrogen-bond donors (Lipinski definition) is 1. The average Bonchev–Trinajstić information content (AvgIpc) is 3.26. The van der Waals surface area contributed by atoms with Crippen LogP contribution in [0.25, 0.3) is 10.2 Å². The van der Waals surface area contributed by atoms with E-state index >= 15 is 0 Å². The Kier molecular flexibility index (Phi) is 8.35. The summed E-state index contributed by atoms with van der Waals surface area (Å²) in [5, 5.41) is 4.48. The quantitative estimate of drug-likeness (QED) is 0.259. The van der Waals surface area contributed by atoms with Gasteiger partial charge in [-0.15, -0.1) is 11.3 Å². The fraction of sp³-hybridized carbons (Fsp3) is 0.250. The Morgan fingerprint density at radius 3 is 2.74 bits per heavy atom. The first kappa shape index (κ1) is 27.2. The maximum absolute atomic E-state index is 13.4. The molecule has 0 aliphatic heterocycles. The number of rotatable bonds is 6. The van der Waals surface area contributed by atoms with Gasteiger partial charge in [0, 0.05) is 12.7 Å². The topological polar surface area (TPSA) is 76.6 Å². The van der Waals surface area contributed by atoms with Crippen molar-refractivity contribution >= 4 is 50.8 Å². The molecule has 7 nitrogen and oxygen atoms in total. The Balaban J connectivity index is 1.43. The molecule has 2 heterocycles. The highest BCUT2D eigenvalue weighted by molar-refractivity contribution is 7.19. The summed E-state index contributed by atoms with van der Waals surface area (Å²) >= 11 is 7.86. The van der Waals surface area contributed by atoms with E-state index in [2.05, 4.69) is 27.1 Å². The molecule has 4 rings (SSSR count). The maximum Gasteiger partial charge on any atom is 0.410 e. The number of ether oxygens (including phenoxy) is 2. The van der Waals surface area contributed by atoms with Crippen molar-refractivity contribution in [1.29, 1.82) is 0 Å². The summed E-state index contributed by atoms with van der Waals surface area (Å²) in [6, 6.07) is 13.4. The van der Waals surface area contributed by atoms with Crippen LogP contribution in [0.2, 0.25) is 5.02 Å². The molecule has 0 fully saturated rings. The Hall–Kier alpha value is -3.87. The van der Waals surface area contributed by atoms with Crippen molar-refractivity contribution in [1.82, 2.24) is 14.9 Å². The number of halogens is 2. The van der Waals surface area contributed by atoms with Crippen LogP contribution < -0.4 is 10.1 Å². The van der Waals surface area contributed by atoms with Gasteiger partial charge in [-0.1, -0.05) is 35.6 Å². The minimum Gasteiger partial charge on any atom is -0.487 e. The number of thiophene rings is 1. The van der Waals surface area contributed by atoms with Crippen LogP contribution in [0.15, 0.2) is 54.9 Å². The number of nitrogens with zero attached hydrogens (tertiary/aromatic N) is 3. The van der Waals surface area contributed by atoms with Crippen LogP contribution in [0.4, 0.5) is 20.7 Å². The third-order valence-corrected chi connectivity index (χ3v) is 6.29. The molecule has 196 valence electrons. The molecule has 0 aliphatic carbocycles. The molecular formula is C28H26ClFN4O3S. The first-order valence-corrected chi connectivity index (χ1v) is 12.9. The SMILES string of the molecule is CN(CC#Cc1cc2c(Nc3ccc(OCc4cccc(F)c4)c(Cl)c3)ncnc2s1)C(=O)OC(C)(C)C. The normalized spacial score (nSPS) is 11.0. The molecule has 2 aromatic carbocycles. The largest absolute Gasteiger partial charge is 0.487 e. The molecule has 0 spiro atoms. The average molecular weight is 553 g/mol. The van der Waals surface area contributed by atoms with Gasteiger partial charge >= 0.3 is 6.09 Å². The van der Waals surface area contributed by atoms with Gasteiger partial charge in [-0.2, -0.15) is 0 Å². The third kappa shape index (κ3) is 7.34. The van der Waals surface area contributed by atoms with Crippen LogP contribution >= 0.6 is 22.9 Å². The van der Waals surface area contributed by atoms with E-state index in [-0.39, 0.29) is 19.0 Å². The van der Waals surface area contributed by atoms with Crippen LogP contribution in [0.1, 0.15) is 31.2 Å². The first-order chi connectivity index (χ1) is 18.1. The second kappa shape index (κ2) is 11.7. The van der Waals surface area contributed by atoms with E-state index in [9.17, 15) is 9.18 Å². The predicted octanol–water partition coefficient (Wildman–Crippen LogP) is 7.02. The van der Waals surface area contributed by atoms with Gasteiger partial charge < -0.3 is 19.7 Å². The number of aromatic nitrogens is 2. The zero-order valence-electron chi connectivity index (χ0n) is 21.3. The van der Waals surface area contributed by atoms with Crippen LogP contribution in [-0.4, -0.2) is 40.2 Å². The highest BCUT2D eigenvalue weighted by Crippen LogP contribution is 2.33. The Morgan fingerprint density at radius 1 is 1.18 bits per heavy atom. The van der Waals surface area contributed by atoms with Crippen LogP contribution in [0.5, 0.6) is 5.75 Å². The van der Waals surface area contributed by atoms with Crippen molar-refractivity contribution in [3.63, 3.8) is 0 Å². The lowest BCUT2D eigenvalue weighted by atomic mass is 10.2. The molecule has 2 aromatic heterocycles. The van der Waals surface area contributed by atoms with Gasteiger partial charge in [0.25, 0.3) is 0 Å². The van der Waals surface area contributed by atoms with Gasteiger partial charge in [-0.05, 0) is 62.7 Å². The highest BCUT2D eigenvalue weighted by Gasteiger charge is 2.18. The minimum atomic E-state index is -0.563. The number of amides is 1. The summed E-state index contributed by atoms with van der Waals surface area (Å²) in [7, 11) is 1.64. The van der Waals surface area contributed by atoms with Gasteiger partial charge in [0.2, 0.25) is 0 Å². The fourth-order valence-corrected chi connectivity index (χ4v) is 4.40. The second-order valence-electron chi connectivity index (χ2n) is 9.38. The zero-order chi connectivity index (χ0) is 27.3. The lowest BCUT2D eigenvalue weighted by Gasteiger charge is -2.23. The lowest BCUT2D eigenvalue weighted by molar-refractivity contribution is 0.0321. The molecular weight excluding hydrogens is 527 g/mol. The number of carbonyl (C=O) groups excluding carboxylic acids is 1. The highest BCUT2D eigenvalue weighted by atomic mass is 35.5. The molecule has 0 unspecified atom stereocenters. The third-order valence-electron chi connectivity index (χ3n) is 5.04. The van der Waals surface area contributed by atoms with Crippen LogP contribution in [0.3, 0.4) is 0 Å². The second-order valence-corrected chi connectivity index (χ2v) is 10.8. The number of nitrogens with one attached hydrogen (secondary N) is 1. The number of carbonyl (C=O) groups is 1.